The Kier molecular flexibility index (Phi) is 7.51. The number of furan rings is 1. The molecule has 0 bridgehead atoms. The second-order valence-electron chi connectivity index (χ2n) is 8.93. The van der Waals surface area contributed by atoms with Gasteiger partial charge in [0, 0.05) is 37.4 Å². The van der Waals surface area contributed by atoms with Gasteiger partial charge in [-0.3, -0.25) is 14.5 Å². The summed E-state index contributed by atoms with van der Waals surface area (Å²) in [7, 11) is 0. The summed E-state index contributed by atoms with van der Waals surface area (Å²) in [4.78, 5) is 28.7. The van der Waals surface area contributed by atoms with Crippen molar-refractivity contribution >= 4 is 28.6 Å². The zero-order valence-electron chi connectivity index (χ0n) is 19.9. The minimum absolute atomic E-state index is 0.100. The number of carbonyl (C=O) groups excluding carboxylic acids is 1. The zero-order chi connectivity index (χ0) is 24.9. The largest absolute Gasteiger partial charge is 0.443 e. The number of hydrogen-bond donors (Lipinski definition) is 1. The first-order chi connectivity index (χ1) is 17.6. The fraction of sp³-hybridized carbons (Fsp3) is 0.286. The standard InChI is InChI=1S/C28H28ClN3O4/c29-22-8-6-21(7-9-22)17-30-27(34)25-19-32(11-10-20-4-2-1-3-5-20)28-24(26(25)33)16-23(36-28)18-31-12-14-35-15-13-31/h1-9,16,19H,10-15,17-18H2,(H,30,34). The fourth-order valence-corrected chi connectivity index (χ4v) is 4.51. The molecule has 186 valence electrons. The van der Waals surface area contributed by atoms with Gasteiger partial charge in [0.05, 0.1) is 25.1 Å². The molecule has 2 aromatic carbocycles. The summed E-state index contributed by atoms with van der Waals surface area (Å²) < 4.78 is 13.5. The summed E-state index contributed by atoms with van der Waals surface area (Å²) in [5.41, 5.74) is 2.33. The highest BCUT2D eigenvalue weighted by atomic mass is 35.5. The highest BCUT2D eigenvalue weighted by molar-refractivity contribution is 6.30. The van der Waals surface area contributed by atoms with Crippen LogP contribution in [0, 0.1) is 0 Å². The number of ether oxygens (including phenoxy) is 1. The molecule has 1 aliphatic heterocycles. The van der Waals surface area contributed by atoms with Crippen LogP contribution in [-0.2, 0) is 30.8 Å². The molecule has 3 heterocycles. The van der Waals surface area contributed by atoms with Gasteiger partial charge in [-0.15, -0.1) is 0 Å². The summed E-state index contributed by atoms with van der Waals surface area (Å²) >= 11 is 5.95. The number of carbonyl (C=O) groups is 1. The maximum atomic E-state index is 13.4. The van der Waals surface area contributed by atoms with Crippen molar-refractivity contribution in [2.24, 2.45) is 0 Å². The van der Waals surface area contributed by atoms with Crippen molar-refractivity contribution in [3.63, 3.8) is 0 Å². The van der Waals surface area contributed by atoms with Gasteiger partial charge < -0.3 is 19.0 Å². The van der Waals surface area contributed by atoms with Crippen LogP contribution in [0.2, 0.25) is 5.02 Å². The number of aryl methyl sites for hydroxylation is 2. The lowest BCUT2D eigenvalue weighted by atomic mass is 10.1. The van der Waals surface area contributed by atoms with Crippen molar-refractivity contribution in [1.29, 1.82) is 0 Å². The van der Waals surface area contributed by atoms with Crippen LogP contribution in [0.4, 0.5) is 0 Å². The van der Waals surface area contributed by atoms with Crippen LogP contribution < -0.4 is 10.7 Å². The first-order valence-corrected chi connectivity index (χ1v) is 12.5. The van der Waals surface area contributed by atoms with Crippen molar-refractivity contribution in [1.82, 2.24) is 14.8 Å². The van der Waals surface area contributed by atoms with E-state index in [1.807, 2.05) is 34.9 Å². The van der Waals surface area contributed by atoms with Crippen molar-refractivity contribution in [3.8, 4) is 0 Å². The number of rotatable bonds is 8. The number of nitrogens with zero attached hydrogens (tertiary/aromatic N) is 2. The van der Waals surface area contributed by atoms with Gasteiger partial charge in [0.2, 0.25) is 11.1 Å². The molecule has 1 amide bonds. The molecule has 0 saturated carbocycles. The minimum Gasteiger partial charge on any atom is -0.443 e. The van der Waals surface area contributed by atoms with Crippen LogP contribution >= 0.6 is 11.6 Å². The summed E-state index contributed by atoms with van der Waals surface area (Å²) in [5.74, 6) is 0.289. The first kappa shape index (κ1) is 24.3. The van der Waals surface area contributed by atoms with Gasteiger partial charge in [-0.2, -0.15) is 0 Å². The molecule has 1 aliphatic rings. The Morgan fingerprint density at radius 1 is 1.00 bits per heavy atom. The average Bonchev–Trinajstić information content (AvgIpc) is 3.33. The highest BCUT2D eigenvalue weighted by Crippen LogP contribution is 2.20. The van der Waals surface area contributed by atoms with Crippen molar-refractivity contribution in [2.45, 2.75) is 26.1 Å². The Labute approximate surface area is 214 Å². The molecule has 0 unspecified atom stereocenters. The van der Waals surface area contributed by atoms with E-state index in [2.05, 4.69) is 22.3 Å². The Hall–Kier alpha value is -3.39. The maximum Gasteiger partial charge on any atom is 0.257 e. The second-order valence-corrected chi connectivity index (χ2v) is 9.37. The number of nitrogens with one attached hydrogen (secondary N) is 1. The van der Waals surface area contributed by atoms with Gasteiger partial charge in [0.25, 0.3) is 5.91 Å². The van der Waals surface area contributed by atoms with E-state index in [0.29, 0.717) is 54.7 Å². The topological polar surface area (TPSA) is 76.7 Å². The van der Waals surface area contributed by atoms with E-state index in [9.17, 15) is 9.59 Å². The molecule has 0 radical (unpaired) electrons. The van der Waals surface area contributed by atoms with Crippen LogP contribution in [0.5, 0.6) is 0 Å². The third kappa shape index (κ3) is 5.70. The average molecular weight is 506 g/mol. The quantitative estimate of drug-likeness (QED) is 0.387. The molecule has 0 atom stereocenters. The molecule has 0 aliphatic carbocycles. The van der Waals surface area contributed by atoms with Crippen LogP contribution in [-0.4, -0.2) is 41.7 Å². The molecule has 7 nitrogen and oxygen atoms in total. The van der Waals surface area contributed by atoms with Crippen molar-refractivity contribution in [3.05, 3.63) is 105 Å². The Morgan fingerprint density at radius 3 is 2.50 bits per heavy atom. The highest BCUT2D eigenvalue weighted by Gasteiger charge is 2.20. The molecule has 0 spiro atoms. The smallest absolute Gasteiger partial charge is 0.257 e. The van der Waals surface area contributed by atoms with Gasteiger partial charge in [-0.25, -0.2) is 0 Å². The lowest BCUT2D eigenvalue weighted by Gasteiger charge is -2.25. The SMILES string of the molecule is O=C(NCc1ccc(Cl)cc1)c1cn(CCc2ccccc2)c2oc(CN3CCOCC3)cc2c1=O. The van der Waals surface area contributed by atoms with E-state index in [1.54, 1.807) is 24.4 Å². The van der Waals surface area contributed by atoms with Gasteiger partial charge >= 0.3 is 0 Å². The van der Waals surface area contributed by atoms with Crippen LogP contribution in [0.25, 0.3) is 11.1 Å². The van der Waals surface area contributed by atoms with E-state index in [-0.39, 0.29) is 11.0 Å². The summed E-state index contributed by atoms with van der Waals surface area (Å²) in [5, 5.41) is 3.92. The number of fused-ring (bicyclic) bond motifs is 1. The van der Waals surface area contributed by atoms with E-state index >= 15 is 0 Å². The summed E-state index contributed by atoms with van der Waals surface area (Å²) in [6, 6.07) is 19.1. The number of hydrogen-bond acceptors (Lipinski definition) is 5. The van der Waals surface area contributed by atoms with E-state index in [0.717, 1.165) is 30.6 Å². The maximum absolute atomic E-state index is 13.4. The molecule has 1 fully saturated rings. The summed E-state index contributed by atoms with van der Waals surface area (Å²) in [6.45, 7) is 4.45. The first-order valence-electron chi connectivity index (χ1n) is 12.1. The van der Waals surface area contributed by atoms with E-state index < -0.39 is 5.91 Å². The molecule has 2 aromatic heterocycles. The Balaban J connectivity index is 1.44. The van der Waals surface area contributed by atoms with Crippen LogP contribution in [0.3, 0.4) is 0 Å². The van der Waals surface area contributed by atoms with E-state index in [4.69, 9.17) is 20.8 Å². The second kappa shape index (κ2) is 11.1. The van der Waals surface area contributed by atoms with Crippen LogP contribution in [0.1, 0.15) is 27.2 Å². The number of halogens is 1. The number of benzene rings is 2. The Morgan fingerprint density at radius 2 is 1.75 bits per heavy atom. The van der Waals surface area contributed by atoms with Crippen molar-refractivity contribution in [2.75, 3.05) is 26.3 Å². The predicted molar refractivity (Wildman–Crippen MR) is 139 cm³/mol. The molecule has 36 heavy (non-hydrogen) atoms. The molecule has 8 heteroatoms. The zero-order valence-corrected chi connectivity index (χ0v) is 20.7. The van der Waals surface area contributed by atoms with E-state index in [1.165, 1.54) is 0 Å². The normalized spacial score (nSPS) is 14.2. The fourth-order valence-electron chi connectivity index (χ4n) is 4.38. The minimum atomic E-state index is -0.416. The molecule has 1 N–H and O–H groups in total. The molecule has 5 rings (SSSR count). The third-order valence-electron chi connectivity index (χ3n) is 6.38. The lowest BCUT2D eigenvalue weighted by Crippen LogP contribution is -2.35. The lowest BCUT2D eigenvalue weighted by molar-refractivity contribution is 0.0315. The number of morpholine rings is 1. The van der Waals surface area contributed by atoms with Crippen LogP contribution in [0.15, 0.2) is 76.1 Å². The molecule has 4 aromatic rings. The van der Waals surface area contributed by atoms with Gasteiger partial charge in [-0.1, -0.05) is 54.1 Å². The van der Waals surface area contributed by atoms with Gasteiger partial charge in [0.15, 0.2) is 0 Å². The molecule has 1 saturated heterocycles. The predicted octanol–water partition coefficient (Wildman–Crippen LogP) is 4.25. The third-order valence-corrected chi connectivity index (χ3v) is 6.63. The number of pyridine rings is 1. The number of aromatic nitrogens is 1. The molecular formula is C28H28ClN3O4. The van der Waals surface area contributed by atoms with Gasteiger partial charge in [-0.05, 0) is 35.7 Å². The summed E-state index contributed by atoms with van der Waals surface area (Å²) in [6.07, 6.45) is 2.36. The van der Waals surface area contributed by atoms with Gasteiger partial charge in [0.1, 0.15) is 11.3 Å². The monoisotopic (exact) mass is 505 g/mol. The number of amides is 1. The molecular weight excluding hydrogens is 478 g/mol. The Bertz CT molecular complexity index is 1390. The van der Waals surface area contributed by atoms with Crippen molar-refractivity contribution < 1.29 is 13.9 Å².